The number of rotatable bonds is 9. The standard InChI is InChI=1S/C22H32N2O10S2/c1-13(17(25)23-11-21(31-3-4-32-21)7-15(23)19(27)28)9-35-36-10-14(2)18(26)24-12-22(33-5-6-34-22)8-16(24)20(29)30/h13-16H,3-12H2,1-2H3,(H,27,28)(H,29,30)/t13?,14?,15-,16-/m0/s1. The highest BCUT2D eigenvalue weighted by Gasteiger charge is 2.54. The Morgan fingerprint density at radius 1 is 0.750 bits per heavy atom. The molecular weight excluding hydrogens is 516 g/mol. The van der Waals surface area contributed by atoms with Crippen LogP contribution >= 0.6 is 21.6 Å². The molecular formula is C22H32N2O10S2. The van der Waals surface area contributed by atoms with Crippen LogP contribution in [0.15, 0.2) is 0 Å². The lowest BCUT2D eigenvalue weighted by atomic mass is 10.1. The van der Waals surface area contributed by atoms with Crippen molar-refractivity contribution in [3.63, 3.8) is 0 Å². The van der Waals surface area contributed by atoms with E-state index in [2.05, 4.69) is 0 Å². The minimum Gasteiger partial charge on any atom is -0.480 e. The van der Waals surface area contributed by atoms with Crippen LogP contribution < -0.4 is 0 Å². The molecule has 36 heavy (non-hydrogen) atoms. The van der Waals surface area contributed by atoms with Gasteiger partial charge in [0.05, 0.1) is 39.5 Å². The molecule has 0 aliphatic carbocycles. The van der Waals surface area contributed by atoms with Crippen LogP contribution in [0.5, 0.6) is 0 Å². The molecule has 4 aliphatic heterocycles. The maximum Gasteiger partial charge on any atom is 0.326 e. The number of carbonyl (C=O) groups is 4. The molecule has 14 heteroatoms. The molecule has 2 spiro atoms. The van der Waals surface area contributed by atoms with Crippen molar-refractivity contribution >= 4 is 45.3 Å². The lowest BCUT2D eigenvalue weighted by Gasteiger charge is -2.26. The number of ether oxygens (including phenoxy) is 4. The van der Waals surface area contributed by atoms with Gasteiger partial charge in [0.1, 0.15) is 12.1 Å². The fourth-order valence-electron chi connectivity index (χ4n) is 5.00. The normalized spacial score (nSPS) is 28.2. The number of hydrogen-bond donors (Lipinski definition) is 2. The van der Waals surface area contributed by atoms with Gasteiger partial charge in [0.2, 0.25) is 11.8 Å². The predicted octanol–water partition coefficient (Wildman–Crippen LogP) is 0.497. The van der Waals surface area contributed by atoms with E-state index in [0.717, 1.165) is 0 Å². The van der Waals surface area contributed by atoms with Crippen molar-refractivity contribution in [1.82, 2.24) is 9.80 Å². The van der Waals surface area contributed by atoms with Gasteiger partial charge < -0.3 is 39.0 Å². The molecule has 4 aliphatic rings. The number of amides is 2. The summed E-state index contributed by atoms with van der Waals surface area (Å²) in [7, 11) is 2.84. The number of aliphatic carboxylic acids is 2. The molecule has 4 rings (SSSR count). The summed E-state index contributed by atoms with van der Waals surface area (Å²) in [5.74, 6) is -4.84. The van der Waals surface area contributed by atoms with Gasteiger partial charge in [0.15, 0.2) is 11.6 Å². The third-order valence-electron chi connectivity index (χ3n) is 6.91. The summed E-state index contributed by atoms with van der Waals surface area (Å²) < 4.78 is 22.4. The van der Waals surface area contributed by atoms with E-state index in [-0.39, 0.29) is 37.7 Å². The van der Waals surface area contributed by atoms with Crippen LogP contribution in [0.25, 0.3) is 0 Å². The van der Waals surface area contributed by atoms with Gasteiger partial charge in [-0.15, -0.1) is 0 Å². The number of likely N-dealkylation sites (tertiary alicyclic amines) is 2. The maximum absolute atomic E-state index is 13.0. The Kier molecular flexibility index (Phi) is 8.42. The van der Waals surface area contributed by atoms with Crippen molar-refractivity contribution in [3.05, 3.63) is 0 Å². The number of carboxylic acid groups (broad SMARTS) is 2. The fraction of sp³-hybridized carbons (Fsp3) is 0.818. The molecule has 0 bridgehead atoms. The van der Waals surface area contributed by atoms with E-state index in [4.69, 9.17) is 18.9 Å². The van der Waals surface area contributed by atoms with E-state index in [9.17, 15) is 29.4 Å². The summed E-state index contributed by atoms with van der Waals surface area (Å²) in [6.45, 7) is 5.16. The SMILES string of the molecule is CC(CSSCC(C)C(=O)N1CC2(C[C@H]1C(=O)O)OCCO2)C(=O)N1CC2(C[C@H]1C(=O)O)OCCO2. The van der Waals surface area contributed by atoms with Gasteiger partial charge in [-0.25, -0.2) is 9.59 Å². The van der Waals surface area contributed by atoms with Gasteiger partial charge in [-0.1, -0.05) is 35.4 Å². The third kappa shape index (κ3) is 5.63. The van der Waals surface area contributed by atoms with Crippen molar-refractivity contribution in [1.29, 1.82) is 0 Å². The molecule has 2 N–H and O–H groups in total. The minimum absolute atomic E-state index is 0.0893. The van der Waals surface area contributed by atoms with Crippen molar-refractivity contribution < 1.29 is 48.3 Å². The summed E-state index contributed by atoms with van der Waals surface area (Å²) in [4.78, 5) is 52.2. The molecule has 0 radical (unpaired) electrons. The van der Waals surface area contributed by atoms with Crippen molar-refractivity contribution in [2.24, 2.45) is 11.8 Å². The van der Waals surface area contributed by atoms with Gasteiger partial charge in [-0.05, 0) is 0 Å². The number of carboxylic acids is 2. The highest BCUT2D eigenvalue weighted by molar-refractivity contribution is 8.76. The molecule has 202 valence electrons. The summed E-state index contributed by atoms with van der Waals surface area (Å²) in [5.41, 5.74) is 0. The minimum atomic E-state index is -1.09. The zero-order valence-corrected chi connectivity index (χ0v) is 21.9. The molecule has 4 heterocycles. The van der Waals surface area contributed by atoms with Gasteiger partial charge >= 0.3 is 11.9 Å². The molecule has 0 aromatic heterocycles. The van der Waals surface area contributed by atoms with Gasteiger partial charge in [-0.3, -0.25) is 9.59 Å². The Hall–Kier alpha value is -1.58. The van der Waals surface area contributed by atoms with Crippen LogP contribution in [0.1, 0.15) is 26.7 Å². The van der Waals surface area contributed by atoms with Crippen LogP contribution in [0.2, 0.25) is 0 Å². The van der Waals surface area contributed by atoms with E-state index in [1.54, 1.807) is 13.8 Å². The fourth-order valence-corrected chi connectivity index (χ4v) is 7.69. The molecule has 0 aromatic carbocycles. The lowest BCUT2D eigenvalue weighted by Crippen LogP contribution is -2.44. The van der Waals surface area contributed by atoms with Crippen LogP contribution in [0, 0.1) is 11.8 Å². The first-order valence-electron chi connectivity index (χ1n) is 11.9. The van der Waals surface area contributed by atoms with E-state index in [1.165, 1.54) is 31.4 Å². The monoisotopic (exact) mass is 548 g/mol. The molecule has 4 fully saturated rings. The second-order valence-electron chi connectivity index (χ2n) is 9.63. The van der Waals surface area contributed by atoms with Gasteiger partial charge in [0.25, 0.3) is 0 Å². The molecule has 0 aromatic rings. The van der Waals surface area contributed by atoms with E-state index >= 15 is 0 Å². The Morgan fingerprint density at radius 2 is 1.08 bits per heavy atom. The first-order valence-corrected chi connectivity index (χ1v) is 14.4. The largest absolute Gasteiger partial charge is 0.480 e. The van der Waals surface area contributed by atoms with E-state index < -0.39 is 47.4 Å². The van der Waals surface area contributed by atoms with Crippen LogP contribution in [0.4, 0.5) is 0 Å². The molecule has 4 saturated heterocycles. The number of carbonyl (C=O) groups excluding carboxylic acids is 2. The maximum atomic E-state index is 13.0. The molecule has 4 atom stereocenters. The summed E-state index contributed by atoms with van der Waals surface area (Å²) in [6, 6.07) is -1.99. The zero-order chi connectivity index (χ0) is 26.1. The first-order chi connectivity index (χ1) is 17.1. The van der Waals surface area contributed by atoms with Gasteiger partial charge in [-0.2, -0.15) is 0 Å². The zero-order valence-electron chi connectivity index (χ0n) is 20.3. The molecule has 2 unspecified atom stereocenters. The Labute approximate surface area is 216 Å². The second kappa shape index (κ2) is 11.0. The Morgan fingerprint density at radius 3 is 1.39 bits per heavy atom. The molecule has 0 saturated carbocycles. The highest BCUT2D eigenvalue weighted by Crippen LogP contribution is 2.38. The van der Waals surface area contributed by atoms with Crippen LogP contribution in [-0.4, -0.2) is 118 Å². The second-order valence-corrected chi connectivity index (χ2v) is 12.2. The van der Waals surface area contributed by atoms with E-state index in [0.29, 0.717) is 37.9 Å². The number of nitrogens with zero attached hydrogens (tertiary/aromatic N) is 2. The first kappa shape index (κ1) is 27.5. The van der Waals surface area contributed by atoms with Crippen LogP contribution in [-0.2, 0) is 38.1 Å². The highest BCUT2D eigenvalue weighted by atomic mass is 33.1. The van der Waals surface area contributed by atoms with Crippen molar-refractivity contribution in [2.75, 3.05) is 51.0 Å². The average Bonchev–Trinajstić information content (AvgIpc) is 3.64. The average molecular weight is 549 g/mol. The smallest absolute Gasteiger partial charge is 0.326 e. The van der Waals surface area contributed by atoms with Gasteiger partial charge in [0, 0.05) is 36.2 Å². The molecule has 12 nitrogen and oxygen atoms in total. The Balaban J connectivity index is 1.24. The summed E-state index contributed by atoms with van der Waals surface area (Å²) >= 11 is 0. The van der Waals surface area contributed by atoms with Crippen molar-refractivity contribution in [3.8, 4) is 0 Å². The van der Waals surface area contributed by atoms with E-state index in [1.807, 2.05) is 0 Å². The quantitative estimate of drug-likeness (QED) is 0.305. The topological polar surface area (TPSA) is 152 Å². The summed E-state index contributed by atoms with van der Waals surface area (Å²) in [5, 5.41) is 19.2. The number of hydrogen-bond acceptors (Lipinski definition) is 10. The van der Waals surface area contributed by atoms with Crippen LogP contribution in [0.3, 0.4) is 0 Å². The third-order valence-corrected chi connectivity index (χ3v) is 9.66. The van der Waals surface area contributed by atoms with Crippen molar-refractivity contribution in [2.45, 2.75) is 50.3 Å². The Bertz CT molecular complexity index is 807. The molecule has 2 amide bonds. The summed E-state index contributed by atoms with van der Waals surface area (Å²) in [6.07, 6.45) is 0.209. The predicted molar refractivity (Wildman–Crippen MR) is 128 cm³/mol. The lowest BCUT2D eigenvalue weighted by molar-refractivity contribution is -0.153.